The van der Waals surface area contributed by atoms with Crippen LogP contribution < -0.4 is 5.73 Å². The number of hydrogen-bond acceptors (Lipinski definition) is 4. The molecule has 0 radical (unpaired) electrons. The van der Waals surface area contributed by atoms with Crippen LogP contribution in [0.25, 0.3) is 0 Å². The number of esters is 1. The highest BCUT2D eigenvalue weighted by molar-refractivity contribution is 7.80. The second-order valence-corrected chi connectivity index (χ2v) is 2.09. The molecule has 0 saturated carbocycles. The van der Waals surface area contributed by atoms with Gasteiger partial charge in [0.15, 0.2) is 0 Å². The maximum atomic E-state index is 10.5. The number of rotatable bonds is 3. The maximum absolute atomic E-state index is 10.5. The molecule has 1 atom stereocenters. The summed E-state index contributed by atoms with van der Waals surface area (Å²) < 4.78 is 4.37. The average Bonchev–Trinajstić information content (AvgIpc) is 1.87. The van der Waals surface area contributed by atoms with E-state index in [1.807, 2.05) is 0 Å². The first kappa shape index (κ1) is 12.7. The molecule has 0 fully saturated rings. The van der Waals surface area contributed by atoms with Gasteiger partial charge in [-0.15, -0.1) is 12.4 Å². The van der Waals surface area contributed by atoms with Gasteiger partial charge in [0.05, 0.1) is 7.11 Å². The second kappa shape index (κ2) is 7.18. The number of carbonyl (C=O) groups excluding carboxylic acids is 1. The van der Waals surface area contributed by atoms with Crippen molar-refractivity contribution in [2.75, 3.05) is 12.9 Å². The Morgan fingerprint density at radius 3 is 2.60 bits per heavy atom. The minimum Gasteiger partial charge on any atom is -0.468 e. The Kier molecular flexibility index (Phi) is 9.13. The molecule has 5 heteroatoms. The predicted octanol–water partition coefficient (Wildman–Crippen LogP) is 0.228. The van der Waals surface area contributed by atoms with Gasteiger partial charge in [-0.2, -0.15) is 12.6 Å². The molecule has 0 unspecified atom stereocenters. The summed E-state index contributed by atoms with van der Waals surface area (Å²) in [5.41, 5.74) is 5.31. The number of thiol groups is 1. The minimum atomic E-state index is -0.507. The van der Waals surface area contributed by atoms with Crippen molar-refractivity contribution in [3.05, 3.63) is 0 Å². The Hall–Kier alpha value is 0.0700. The molecule has 0 aromatic heterocycles. The molecule has 0 saturated heterocycles. The molecule has 0 aromatic carbocycles. The van der Waals surface area contributed by atoms with E-state index in [1.54, 1.807) is 0 Å². The Labute approximate surface area is 72.1 Å². The van der Waals surface area contributed by atoms with Crippen molar-refractivity contribution < 1.29 is 9.53 Å². The first-order valence-corrected chi connectivity index (χ1v) is 3.30. The third kappa shape index (κ3) is 4.90. The standard InChI is InChI=1S/C5H11NO2S.ClH/c1-8-5(7)4(6)2-3-9;/h4,9H,2-3,6H2,1H3;1H/t4-;/m0./s1. The van der Waals surface area contributed by atoms with E-state index < -0.39 is 6.04 Å². The lowest BCUT2D eigenvalue weighted by Gasteiger charge is -2.05. The first-order chi connectivity index (χ1) is 4.22. The zero-order chi connectivity index (χ0) is 7.28. The van der Waals surface area contributed by atoms with Gasteiger partial charge in [0.25, 0.3) is 0 Å². The van der Waals surface area contributed by atoms with Gasteiger partial charge < -0.3 is 10.5 Å². The molecule has 0 heterocycles. The zero-order valence-corrected chi connectivity index (χ0v) is 7.45. The number of ether oxygens (including phenoxy) is 1. The summed E-state index contributed by atoms with van der Waals surface area (Å²) in [6.07, 6.45) is 0.565. The topological polar surface area (TPSA) is 52.3 Å². The van der Waals surface area contributed by atoms with Crippen molar-refractivity contribution in [1.82, 2.24) is 0 Å². The Morgan fingerprint density at radius 2 is 2.30 bits per heavy atom. The van der Waals surface area contributed by atoms with Gasteiger partial charge in [0, 0.05) is 0 Å². The quantitative estimate of drug-likeness (QED) is 0.489. The van der Waals surface area contributed by atoms with E-state index in [1.165, 1.54) is 7.11 Å². The molecular weight excluding hydrogens is 174 g/mol. The molecule has 0 aliphatic heterocycles. The van der Waals surface area contributed by atoms with E-state index in [0.717, 1.165) is 0 Å². The predicted molar refractivity (Wildman–Crippen MR) is 45.7 cm³/mol. The van der Waals surface area contributed by atoms with Crippen LogP contribution in [0.2, 0.25) is 0 Å². The largest absolute Gasteiger partial charge is 0.468 e. The highest BCUT2D eigenvalue weighted by atomic mass is 35.5. The number of nitrogens with two attached hydrogens (primary N) is 1. The molecule has 0 aliphatic rings. The molecule has 0 rings (SSSR count). The molecule has 0 bridgehead atoms. The molecule has 3 nitrogen and oxygen atoms in total. The number of carbonyl (C=O) groups is 1. The van der Waals surface area contributed by atoms with E-state index >= 15 is 0 Å². The Bertz CT molecular complexity index is 102. The Morgan fingerprint density at radius 1 is 1.80 bits per heavy atom. The van der Waals surface area contributed by atoms with Gasteiger partial charge in [-0.25, -0.2) is 0 Å². The minimum absolute atomic E-state index is 0. The van der Waals surface area contributed by atoms with Crippen LogP contribution in [0.15, 0.2) is 0 Å². The lowest BCUT2D eigenvalue weighted by atomic mass is 10.2. The van der Waals surface area contributed by atoms with Gasteiger partial charge in [0.1, 0.15) is 6.04 Å². The molecule has 0 aliphatic carbocycles. The lowest BCUT2D eigenvalue weighted by molar-refractivity contribution is -0.142. The van der Waals surface area contributed by atoms with Gasteiger partial charge in [-0.05, 0) is 12.2 Å². The highest BCUT2D eigenvalue weighted by Gasteiger charge is 2.10. The van der Waals surface area contributed by atoms with Crippen molar-refractivity contribution >= 4 is 31.0 Å². The molecule has 0 spiro atoms. The van der Waals surface area contributed by atoms with Crippen molar-refractivity contribution in [3.8, 4) is 0 Å². The number of halogens is 1. The van der Waals surface area contributed by atoms with Crippen molar-refractivity contribution in [2.45, 2.75) is 12.5 Å². The van der Waals surface area contributed by atoms with Crippen LogP contribution >= 0.6 is 25.0 Å². The van der Waals surface area contributed by atoms with Crippen molar-refractivity contribution in [3.63, 3.8) is 0 Å². The normalized spacial score (nSPS) is 11.5. The fourth-order valence-electron chi connectivity index (χ4n) is 0.408. The van der Waals surface area contributed by atoms with Crippen LogP contribution in [0.5, 0.6) is 0 Å². The van der Waals surface area contributed by atoms with E-state index in [0.29, 0.717) is 12.2 Å². The molecule has 62 valence electrons. The average molecular weight is 186 g/mol. The van der Waals surface area contributed by atoms with Gasteiger partial charge in [-0.3, -0.25) is 4.79 Å². The van der Waals surface area contributed by atoms with Gasteiger partial charge >= 0.3 is 5.97 Å². The molecule has 0 aromatic rings. The van der Waals surface area contributed by atoms with Crippen LogP contribution in [0.4, 0.5) is 0 Å². The molecular formula is C5H12ClNO2S. The van der Waals surface area contributed by atoms with E-state index in [2.05, 4.69) is 17.4 Å². The Balaban J connectivity index is 0. The van der Waals surface area contributed by atoms with Gasteiger partial charge in [-0.1, -0.05) is 0 Å². The summed E-state index contributed by atoms with van der Waals surface area (Å²) in [6, 6.07) is -0.507. The van der Waals surface area contributed by atoms with Gasteiger partial charge in [0.2, 0.25) is 0 Å². The maximum Gasteiger partial charge on any atom is 0.322 e. The lowest BCUT2D eigenvalue weighted by Crippen LogP contribution is -2.31. The molecule has 0 amide bonds. The third-order valence-corrected chi connectivity index (χ3v) is 1.20. The summed E-state index contributed by atoms with van der Waals surface area (Å²) in [5.74, 6) is 0.236. The third-order valence-electron chi connectivity index (χ3n) is 0.944. The fraction of sp³-hybridized carbons (Fsp3) is 0.800. The molecule has 2 N–H and O–H groups in total. The zero-order valence-electron chi connectivity index (χ0n) is 5.74. The fourth-order valence-corrected chi connectivity index (χ4v) is 0.686. The van der Waals surface area contributed by atoms with Crippen LogP contribution in [0.1, 0.15) is 6.42 Å². The smallest absolute Gasteiger partial charge is 0.322 e. The summed E-state index contributed by atoms with van der Waals surface area (Å²) in [6.45, 7) is 0. The number of hydrogen-bond donors (Lipinski definition) is 2. The molecule has 10 heavy (non-hydrogen) atoms. The van der Waals surface area contributed by atoms with Crippen LogP contribution in [0, 0.1) is 0 Å². The highest BCUT2D eigenvalue weighted by Crippen LogP contribution is 1.91. The first-order valence-electron chi connectivity index (χ1n) is 2.66. The van der Waals surface area contributed by atoms with Crippen LogP contribution in [0.3, 0.4) is 0 Å². The summed E-state index contributed by atoms with van der Waals surface area (Å²) in [7, 11) is 1.32. The number of methoxy groups -OCH3 is 1. The van der Waals surface area contributed by atoms with Crippen molar-refractivity contribution in [1.29, 1.82) is 0 Å². The SMILES string of the molecule is COC(=O)[C@@H](N)CCS.Cl. The second-order valence-electron chi connectivity index (χ2n) is 1.64. The van der Waals surface area contributed by atoms with E-state index in [4.69, 9.17) is 5.73 Å². The van der Waals surface area contributed by atoms with Crippen LogP contribution in [-0.2, 0) is 9.53 Å². The van der Waals surface area contributed by atoms with E-state index in [9.17, 15) is 4.79 Å². The summed E-state index contributed by atoms with van der Waals surface area (Å²) in [4.78, 5) is 10.5. The monoisotopic (exact) mass is 185 g/mol. The van der Waals surface area contributed by atoms with E-state index in [-0.39, 0.29) is 18.4 Å². The van der Waals surface area contributed by atoms with Crippen molar-refractivity contribution in [2.24, 2.45) is 5.73 Å². The summed E-state index contributed by atoms with van der Waals surface area (Å²) in [5, 5.41) is 0. The van der Waals surface area contributed by atoms with Crippen LogP contribution in [-0.4, -0.2) is 24.9 Å². The summed E-state index contributed by atoms with van der Waals surface area (Å²) >= 11 is 3.91.